The summed E-state index contributed by atoms with van der Waals surface area (Å²) in [5, 5.41) is 0. The molecule has 2 rings (SSSR count). The molecule has 150 valence electrons. The first-order valence-electron chi connectivity index (χ1n) is 8.78. The van der Waals surface area contributed by atoms with Crippen LogP contribution in [0.15, 0.2) is 24.3 Å². The highest BCUT2D eigenvalue weighted by atomic mass is 32.2. The number of likely N-dealkylation sites (N-methyl/N-ethyl adjacent to an activating group) is 3. The van der Waals surface area contributed by atoms with Gasteiger partial charge in [0.05, 0.1) is 12.8 Å². The third-order valence-electron chi connectivity index (χ3n) is 4.75. The molecule has 1 saturated heterocycles. The summed E-state index contributed by atoms with van der Waals surface area (Å²) >= 11 is 0. The number of nitrogens with zero attached hydrogens (tertiary/aromatic N) is 4. The summed E-state index contributed by atoms with van der Waals surface area (Å²) in [5.41, 5.74) is 1.43. The number of hydrogen-bond donors (Lipinski definition) is 0. The van der Waals surface area contributed by atoms with Crippen molar-refractivity contribution in [3.8, 4) is 0 Å². The van der Waals surface area contributed by atoms with Gasteiger partial charge in [-0.1, -0.05) is 0 Å². The van der Waals surface area contributed by atoms with Crippen molar-refractivity contribution in [1.29, 1.82) is 0 Å². The van der Waals surface area contributed by atoms with E-state index in [4.69, 9.17) is 0 Å². The maximum absolute atomic E-state index is 12.8. The quantitative estimate of drug-likeness (QED) is 0.703. The minimum atomic E-state index is -3.44. The maximum Gasteiger partial charge on any atom is 0.245 e. The summed E-state index contributed by atoms with van der Waals surface area (Å²) in [6.45, 7) is 0.851. The minimum absolute atomic E-state index is 0.0309. The number of rotatable bonds is 6. The highest BCUT2D eigenvalue weighted by Crippen LogP contribution is 2.26. The van der Waals surface area contributed by atoms with E-state index in [2.05, 4.69) is 0 Å². The summed E-state index contributed by atoms with van der Waals surface area (Å²) in [7, 11) is 3.38. The second-order valence-electron chi connectivity index (χ2n) is 7.13. The molecule has 0 radical (unpaired) electrons. The molecule has 1 aromatic carbocycles. The number of piperidine rings is 1. The van der Waals surface area contributed by atoms with Crippen molar-refractivity contribution in [2.24, 2.45) is 0 Å². The first-order chi connectivity index (χ1) is 12.5. The van der Waals surface area contributed by atoms with E-state index in [-0.39, 0.29) is 11.8 Å². The molecule has 1 unspecified atom stereocenters. The average molecular weight is 397 g/mol. The molecule has 1 aromatic rings. The van der Waals surface area contributed by atoms with Crippen LogP contribution in [0.2, 0.25) is 0 Å². The lowest BCUT2D eigenvalue weighted by atomic mass is 10.0. The Hall–Kier alpha value is -1.97. The van der Waals surface area contributed by atoms with E-state index in [0.717, 1.165) is 22.7 Å². The van der Waals surface area contributed by atoms with Crippen molar-refractivity contribution in [3.05, 3.63) is 24.3 Å². The second-order valence-corrected chi connectivity index (χ2v) is 9.18. The molecule has 0 aliphatic carbocycles. The largest absolute Gasteiger partial charge is 0.314 e. The summed E-state index contributed by atoms with van der Waals surface area (Å²) < 4.78 is 24.7. The van der Waals surface area contributed by atoms with Crippen LogP contribution in [-0.4, -0.2) is 83.0 Å². The van der Waals surface area contributed by atoms with Gasteiger partial charge in [-0.15, -0.1) is 0 Å². The Morgan fingerprint density at radius 2 is 1.74 bits per heavy atom. The fourth-order valence-electron chi connectivity index (χ4n) is 3.06. The first-order valence-corrected chi connectivity index (χ1v) is 10.6. The van der Waals surface area contributed by atoms with Gasteiger partial charge in [0.25, 0.3) is 0 Å². The molecular formula is C18H28N4O4S. The van der Waals surface area contributed by atoms with E-state index in [1.54, 1.807) is 46.0 Å². The van der Waals surface area contributed by atoms with Gasteiger partial charge in [-0.3, -0.25) is 9.59 Å². The highest BCUT2D eigenvalue weighted by molar-refractivity contribution is 7.88. The zero-order valence-electron chi connectivity index (χ0n) is 16.5. The number of benzene rings is 1. The number of sulfonamides is 1. The first kappa shape index (κ1) is 21.3. The lowest BCUT2D eigenvalue weighted by molar-refractivity contribution is -0.123. The number of hydrogen-bond acceptors (Lipinski definition) is 5. The number of carbonyl (C=O) groups excluding carboxylic acids is 2. The molecule has 8 nitrogen and oxygen atoms in total. The minimum Gasteiger partial charge on any atom is -0.314 e. The number of anilines is 2. The van der Waals surface area contributed by atoms with Gasteiger partial charge in [-0.05, 0) is 51.2 Å². The molecule has 0 aromatic heterocycles. The predicted octanol–water partition coefficient (Wildman–Crippen LogP) is 0.598. The Bertz CT molecular complexity index is 792. The molecule has 0 bridgehead atoms. The second kappa shape index (κ2) is 8.37. The lowest BCUT2D eigenvalue weighted by Crippen LogP contribution is -2.52. The van der Waals surface area contributed by atoms with Crippen molar-refractivity contribution in [1.82, 2.24) is 9.21 Å². The van der Waals surface area contributed by atoms with Crippen molar-refractivity contribution in [2.75, 3.05) is 57.3 Å². The smallest absolute Gasteiger partial charge is 0.245 e. The summed E-state index contributed by atoms with van der Waals surface area (Å²) in [4.78, 5) is 30.0. The summed E-state index contributed by atoms with van der Waals surface area (Å²) in [6.07, 6.45) is 2.34. The molecule has 0 spiro atoms. The lowest BCUT2D eigenvalue weighted by Gasteiger charge is -2.36. The molecule has 1 aliphatic heterocycles. The molecule has 1 heterocycles. The van der Waals surface area contributed by atoms with Crippen molar-refractivity contribution >= 4 is 33.2 Å². The Balaban J connectivity index is 2.16. The SMILES string of the molecule is CN(C)CC(=O)N(C)c1ccc(N2CCCC(N(C)S(C)(=O)=O)C2=O)cc1. The Labute approximate surface area is 161 Å². The maximum atomic E-state index is 12.8. The van der Waals surface area contributed by atoms with Gasteiger partial charge in [0.1, 0.15) is 6.04 Å². The fraction of sp³-hybridized carbons (Fsp3) is 0.556. The van der Waals surface area contributed by atoms with Gasteiger partial charge in [0, 0.05) is 32.0 Å². The molecule has 0 saturated carbocycles. The van der Waals surface area contributed by atoms with Crippen molar-refractivity contribution in [3.63, 3.8) is 0 Å². The molecule has 27 heavy (non-hydrogen) atoms. The van der Waals surface area contributed by atoms with Crippen molar-refractivity contribution < 1.29 is 18.0 Å². The molecule has 2 amide bonds. The van der Waals surface area contributed by atoms with Crippen LogP contribution in [0.5, 0.6) is 0 Å². The molecule has 9 heteroatoms. The van der Waals surface area contributed by atoms with Gasteiger partial charge in [0.15, 0.2) is 0 Å². The Morgan fingerprint density at radius 1 is 1.15 bits per heavy atom. The van der Waals surface area contributed by atoms with Crippen LogP contribution in [-0.2, 0) is 19.6 Å². The third-order valence-corrected chi connectivity index (χ3v) is 6.05. The number of carbonyl (C=O) groups is 2. The molecule has 1 aliphatic rings. The van der Waals surface area contributed by atoms with Gasteiger partial charge >= 0.3 is 0 Å². The van der Waals surface area contributed by atoms with Crippen LogP contribution in [0.1, 0.15) is 12.8 Å². The van der Waals surface area contributed by atoms with Crippen LogP contribution in [0.3, 0.4) is 0 Å². The van der Waals surface area contributed by atoms with E-state index in [1.807, 2.05) is 14.1 Å². The normalized spacial score (nSPS) is 18.3. The van der Waals surface area contributed by atoms with Crippen LogP contribution >= 0.6 is 0 Å². The van der Waals surface area contributed by atoms with Gasteiger partial charge < -0.3 is 14.7 Å². The van der Waals surface area contributed by atoms with E-state index >= 15 is 0 Å². The van der Waals surface area contributed by atoms with Crippen LogP contribution in [0.4, 0.5) is 11.4 Å². The predicted molar refractivity (Wildman–Crippen MR) is 106 cm³/mol. The summed E-state index contributed by atoms with van der Waals surface area (Å²) in [5.74, 6) is -0.254. The van der Waals surface area contributed by atoms with Gasteiger partial charge in [0.2, 0.25) is 21.8 Å². The fourth-order valence-corrected chi connectivity index (χ4v) is 3.72. The zero-order valence-corrected chi connectivity index (χ0v) is 17.4. The van der Waals surface area contributed by atoms with Crippen LogP contribution in [0.25, 0.3) is 0 Å². The van der Waals surface area contributed by atoms with E-state index < -0.39 is 16.1 Å². The molecule has 0 N–H and O–H groups in total. The Morgan fingerprint density at radius 3 is 2.26 bits per heavy atom. The monoisotopic (exact) mass is 396 g/mol. The molecule has 1 fully saturated rings. The molecule has 1 atom stereocenters. The summed E-state index contributed by atoms with van der Waals surface area (Å²) in [6, 6.07) is 6.48. The zero-order chi connectivity index (χ0) is 20.4. The topological polar surface area (TPSA) is 81.2 Å². The third kappa shape index (κ3) is 5.06. The van der Waals surface area contributed by atoms with Gasteiger partial charge in [-0.25, -0.2) is 8.42 Å². The van der Waals surface area contributed by atoms with E-state index in [0.29, 0.717) is 25.2 Å². The molecular weight excluding hydrogens is 368 g/mol. The average Bonchev–Trinajstić information content (AvgIpc) is 2.59. The van der Waals surface area contributed by atoms with E-state index in [1.165, 1.54) is 7.05 Å². The van der Waals surface area contributed by atoms with Crippen molar-refractivity contribution in [2.45, 2.75) is 18.9 Å². The Kier molecular flexibility index (Phi) is 6.61. The van der Waals surface area contributed by atoms with Crippen LogP contribution in [0, 0.1) is 0 Å². The van der Waals surface area contributed by atoms with Gasteiger partial charge in [-0.2, -0.15) is 4.31 Å². The number of amides is 2. The standard InChI is InChI=1S/C18H28N4O4S/c1-19(2)13-17(23)20(3)14-8-10-15(11-9-14)22-12-6-7-16(18(22)24)21(4)27(5,25)26/h8-11,16H,6-7,12-13H2,1-5H3. The van der Waals surface area contributed by atoms with Crippen LogP contribution < -0.4 is 9.80 Å². The van der Waals surface area contributed by atoms with E-state index in [9.17, 15) is 18.0 Å². The highest BCUT2D eigenvalue weighted by Gasteiger charge is 2.35.